The largest absolute Gasteiger partial charge is 0.491 e. The molecule has 6 nitrogen and oxygen atoms in total. The lowest BCUT2D eigenvalue weighted by atomic mass is 10.1. The number of nitrogens with two attached hydrogens (primary N) is 1. The van der Waals surface area contributed by atoms with Gasteiger partial charge < -0.3 is 20.5 Å². The molecule has 2 aromatic rings. The van der Waals surface area contributed by atoms with E-state index in [9.17, 15) is 0 Å². The zero-order valence-corrected chi connectivity index (χ0v) is 20.0. The Balaban J connectivity index is 2.22. The maximum Gasteiger partial charge on any atom is 0.146 e. The van der Waals surface area contributed by atoms with Gasteiger partial charge in [-0.1, -0.05) is 51.6 Å². The van der Waals surface area contributed by atoms with Gasteiger partial charge in [-0.05, 0) is 39.9 Å². The number of para-hydroxylation sites is 1. The molecule has 0 fully saturated rings. The molecule has 1 aliphatic rings. The van der Waals surface area contributed by atoms with Crippen LogP contribution in [0.1, 0.15) is 38.8 Å². The number of fused-ring (bicyclic) bond motifs is 1. The zero-order valence-electron chi connectivity index (χ0n) is 17.6. The summed E-state index contributed by atoms with van der Waals surface area (Å²) in [6, 6.07) is 7.63. The molecule has 0 spiro atoms. The van der Waals surface area contributed by atoms with Gasteiger partial charge in [-0.25, -0.2) is 0 Å². The number of hydrogen-bond donors (Lipinski definition) is 4. The Morgan fingerprint density at radius 1 is 0.967 bits per heavy atom. The highest BCUT2D eigenvalue weighted by molar-refractivity contribution is 9.10. The third kappa shape index (κ3) is 4.59. The summed E-state index contributed by atoms with van der Waals surface area (Å²) in [4.78, 5) is 1.67. The number of rotatable bonds is 8. The van der Waals surface area contributed by atoms with Gasteiger partial charge >= 0.3 is 0 Å². The second kappa shape index (κ2) is 9.31. The molecule has 0 saturated heterocycles. The van der Waals surface area contributed by atoms with Gasteiger partial charge in [0.1, 0.15) is 23.2 Å². The summed E-state index contributed by atoms with van der Waals surface area (Å²) in [5, 5.41) is 19.7. The number of nitrogens with one attached hydrogen (secondary N) is 3. The van der Waals surface area contributed by atoms with Crippen LogP contribution in [0.5, 0.6) is 11.5 Å². The zero-order chi connectivity index (χ0) is 22.0. The Hall–Kier alpha value is -2.19. The number of nitrogen functional groups attached to an aromatic ring is 1. The van der Waals surface area contributed by atoms with Gasteiger partial charge in [-0.3, -0.25) is 10.8 Å². The van der Waals surface area contributed by atoms with Crippen LogP contribution in [0.15, 0.2) is 38.5 Å². The average Bonchev–Trinajstić information content (AvgIpc) is 2.96. The van der Waals surface area contributed by atoms with Crippen LogP contribution in [0, 0.1) is 22.7 Å². The molecule has 1 heterocycles. The summed E-state index contributed by atoms with van der Waals surface area (Å²) in [7, 11) is 0. The lowest BCUT2D eigenvalue weighted by molar-refractivity contribution is 0.257. The van der Waals surface area contributed by atoms with Crippen molar-refractivity contribution in [3.63, 3.8) is 0 Å². The van der Waals surface area contributed by atoms with Crippen molar-refractivity contribution >= 4 is 45.1 Å². The van der Waals surface area contributed by atoms with E-state index in [1.54, 1.807) is 0 Å². The molecule has 3 rings (SSSR count). The van der Waals surface area contributed by atoms with E-state index < -0.39 is 0 Å². The maximum absolute atomic E-state index is 8.45. The van der Waals surface area contributed by atoms with Gasteiger partial charge in [0, 0.05) is 10.6 Å². The van der Waals surface area contributed by atoms with Gasteiger partial charge in [0.25, 0.3) is 0 Å². The van der Waals surface area contributed by atoms with Gasteiger partial charge in [-0.15, -0.1) is 0 Å². The molecule has 8 heteroatoms. The Bertz CT molecular complexity index is 992. The summed E-state index contributed by atoms with van der Waals surface area (Å²) < 4.78 is 13.0. The first kappa shape index (κ1) is 22.5. The fourth-order valence-electron chi connectivity index (χ4n) is 2.93. The van der Waals surface area contributed by atoms with Crippen molar-refractivity contribution < 1.29 is 9.47 Å². The van der Waals surface area contributed by atoms with Crippen molar-refractivity contribution in [2.45, 2.75) is 37.5 Å². The number of anilines is 1. The van der Waals surface area contributed by atoms with Crippen LogP contribution in [0.2, 0.25) is 0 Å². The minimum atomic E-state index is 0.138. The van der Waals surface area contributed by atoms with Gasteiger partial charge in [0.05, 0.1) is 33.7 Å². The van der Waals surface area contributed by atoms with E-state index >= 15 is 0 Å². The van der Waals surface area contributed by atoms with Crippen LogP contribution in [0.4, 0.5) is 5.69 Å². The predicted molar refractivity (Wildman–Crippen MR) is 127 cm³/mol. The van der Waals surface area contributed by atoms with Crippen LogP contribution in [0.3, 0.4) is 0 Å². The van der Waals surface area contributed by atoms with E-state index in [1.165, 1.54) is 11.8 Å². The van der Waals surface area contributed by atoms with Crippen molar-refractivity contribution in [3.8, 4) is 11.5 Å². The van der Waals surface area contributed by atoms with E-state index in [0.717, 1.165) is 9.79 Å². The van der Waals surface area contributed by atoms with E-state index in [4.69, 9.17) is 26.0 Å². The third-order valence-corrected chi connectivity index (χ3v) is 6.52. The molecular formula is C22H27BrN4O2S. The first-order chi connectivity index (χ1) is 14.2. The Labute approximate surface area is 190 Å². The summed E-state index contributed by atoms with van der Waals surface area (Å²) >= 11 is 5.18. The van der Waals surface area contributed by atoms with Gasteiger partial charge in [0.2, 0.25) is 0 Å². The maximum atomic E-state index is 8.45. The number of halogens is 1. The molecule has 0 bridgehead atoms. The number of amidine groups is 2. The topological polar surface area (TPSA) is 104 Å². The second-order valence-electron chi connectivity index (χ2n) is 7.98. The highest BCUT2D eigenvalue weighted by Crippen LogP contribution is 2.51. The van der Waals surface area contributed by atoms with Crippen molar-refractivity contribution in [2.24, 2.45) is 11.8 Å². The van der Waals surface area contributed by atoms with Crippen LogP contribution in [-0.2, 0) is 0 Å². The third-order valence-electron chi connectivity index (χ3n) is 4.31. The predicted octanol–water partition coefficient (Wildman–Crippen LogP) is 5.51. The first-order valence-corrected chi connectivity index (χ1v) is 11.4. The molecule has 0 atom stereocenters. The van der Waals surface area contributed by atoms with Crippen LogP contribution in [-0.4, -0.2) is 24.9 Å². The normalized spacial score (nSPS) is 13.0. The van der Waals surface area contributed by atoms with Crippen molar-refractivity contribution in [1.82, 2.24) is 5.32 Å². The van der Waals surface area contributed by atoms with E-state index in [-0.39, 0.29) is 11.7 Å². The fraction of sp³-hybridized carbons (Fsp3) is 0.364. The first-order valence-electron chi connectivity index (χ1n) is 9.82. The summed E-state index contributed by atoms with van der Waals surface area (Å²) in [5.74, 6) is 2.01. The highest BCUT2D eigenvalue weighted by Gasteiger charge is 2.35. The Kier molecular flexibility index (Phi) is 6.98. The standard InChI is InChI=1S/C22H27BrN4O2S/c1-11(2)9-28-18-15-16(22(26)27-21(15)25)19(29-10-12(3)4)20(17(18)23)30-14-8-6-5-7-13(14)24/h5-8,11-12H,9-10,24H2,1-4H3,(H3,25,26,27). The summed E-state index contributed by atoms with van der Waals surface area (Å²) in [6.07, 6.45) is 0. The monoisotopic (exact) mass is 490 g/mol. The number of hydrogen-bond acceptors (Lipinski definition) is 6. The molecule has 5 N–H and O–H groups in total. The molecule has 0 aromatic heterocycles. The SMILES string of the molecule is CC(C)COc1c(Br)c(Sc2ccccc2N)c(OCC(C)C)c2c1C(=N)NC2=N. The number of benzene rings is 2. The summed E-state index contributed by atoms with van der Waals surface area (Å²) in [5.41, 5.74) is 7.96. The van der Waals surface area contributed by atoms with E-state index in [1.807, 2.05) is 24.3 Å². The molecule has 0 radical (unpaired) electrons. The molecule has 1 aliphatic heterocycles. The van der Waals surface area contributed by atoms with Crippen molar-refractivity contribution in [1.29, 1.82) is 10.8 Å². The Morgan fingerprint density at radius 2 is 1.50 bits per heavy atom. The smallest absolute Gasteiger partial charge is 0.146 e. The van der Waals surface area contributed by atoms with Gasteiger partial charge in [0.15, 0.2) is 0 Å². The highest BCUT2D eigenvalue weighted by atomic mass is 79.9. The molecule has 30 heavy (non-hydrogen) atoms. The molecule has 0 unspecified atom stereocenters. The van der Waals surface area contributed by atoms with Crippen molar-refractivity contribution in [2.75, 3.05) is 18.9 Å². The molecule has 0 saturated carbocycles. The van der Waals surface area contributed by atoms with Crippen LogP contribution in [0.25, 0.3) is 0 Å². The summed E-state index contributed by atoms with van der Waals surface area (Å²) in [6.45, 7) is 9.27. The minimum absolute atomic E-state index is 0.138. The Morgan fingerprint density at radius 3 is 2.07 bits per heavy atom. The van der Waals surface area contributed by atoms with Crippen molar-refractivity contribution in [3.05, 3.63) is 39.9 Å². The second-order valence-corrected chi connectivity index (χ2v) is 9.82. The average molecular weight is 491 g/mol. The van der Waals surface area contributed by atoms with Crippen LogP contribution < -0.4 is 20.5 Å². The number of ether oxygens (including phenoxy) is 2. The van der Waals surface area contributed by atoms with Gasteiger partial charge in [-0.2, -0.15) is 0 Å². The van der Waals surface area contributed by atoms with Crippen LogP contribution >= 0.6 is 27.7 Å². The molecular weight excluding hydrogens is 464 g/mol. The fourth-order valence-corrected chi connectivity index (χ4v) is 4.65. The van der Waals surface area contributed by atoms with E-state index in [0.29, 0.717) is 57.8 Å². The lowest BCUT2D eigenvalue weighted by Crippen LogP contribution is -2.20. The molecule has 0 aliphatic carbocycles. The van der Waals surface area contributed by atoms with E-state index in [2.05, 4.69) is 48.9 Å². The quantitative estimate of drug-likeness (QED) is 0.365. The lowest BCUT2D eigenvalue weighted by Gasteiger charge is -2.22. The molecule has 2 aromatic carbocycles. The molecule has 0 amide bonds. The minimum Gasteiger partial charge on any atom is -0.491 e. The molecule has 160 valence electrons.